The molecule has 0 fully saturated rings. The molecule has 0 heterocycles. The minimum atomic E-state index is -1.97. The van der Waals surface area contributed by atoms with Crippen molar-refractivity contribution in [1.82, 2.24) is 0 Å². The van der Waals surface area contributed by atoms with Crippen LogP contribution in [-0.2, 0) is 13.9 Å². The van der Waals surface area contributed by atoms with Crippen molar-refractivity contribution in [3.05, 3.63) is 0 Å². The van der Waals surface area contributed by atoms with E-state index in [1.165, 1.54) is 7.11 Å². The van der Waals surface area contributed by atoms with Crippen LogP contribution in [0.2, 0.25) is 0 Å². The summed E-state index contributed by atoms with van der Waals surface area (Å²) in [7, 11) is -0.757. The monoisotopic (exact) mass is 137 g/mol. The molecule has 1 unspecified atom stereocenters. The van der Waals surface area contributed by atoms with E-state index in [-0.39, 0.29) is 0 Å². The van der Waals surface area contributed by atoms with Crippen molar-refractivity contribution in [2.45, 2.75) is 0 Å². The van der Waals surface area contributed by atoms with Crippen LogP contribution in [0.15, 0.2) is 0 Å². The van der Waals surface area contributed by atoms with Crippen LogP contribution in [0.25, 0.3) is 0 Å². The van der Waals surface area contributed by atoms with Gasteiger partial charge in [-0.3, -0.25) is 0 Å². The van der Waals surface area contributed by atoms with E-state index in [1.54, 1.807) is 0 Å². The molecule has 1 N–H and O–H groups in total. The second-order valence-corrected chi connectivity index (χ2v) is 2.41. The van der Waals surface area contributed by atoms with Gasteiger partial charge in [0.15, 0.2) is 0 Å². The first-order valence-electron chi connectivity index (χ1n) is 1.87. The maximum absolute atomic E-state index is 10.2. The summed E-state index contributed by atoms with van der Waals surface area (Å²) in [6.07, 6.45) is -0.411. The number of rotatable bonds is 3. The smallest absolute Gasteiger partial charge is 0.478 e. The van der Waals surface area contributed by atoms with Crippen molar-refractivity contribution in [2.24, 2.45) is 0 Å². The highest BCUT2D eigenvalue weighted by atomic mass is 31.1. The average Bonchev–Trinajstić information content (AvgIpc) is 1.65. The fourth-order valence-electron chi connectivity index (χ4n) is 0.175. The number of hydrogen-bond acceptors (Lipinski definition) is 3. The highest BCUT2D eigenvalue weighted by molar-refractivity contribution is 7.40. The molecule has 0 saturated heterocycles. The highest BCUT2D eigenvalue weighted by Crippen LogP contribution is 2.18. The average molecular weight is 137 g/mol. The van der Waals surface area contributed by atoms with Gasteiger partial charge in [0.1, 0.15) is 0 Å². The molecule has 0 rings (SSSR count). The Hall–Kier alpha value is -0.470. The minimum absolute atomic E-state index is 0.411. The van der Waals surface area contributed by atoms with Crippen molar-refractivity contribution < 1.29 is 19.0 Å². The Morgan fingerprint density at radius 2 is 2.38 bits per heavy atom. The highest BCUT2D eigenvalue weighted by Gasteiger charge is 2.19. The Bertz CT molecular complexity index is 110. The van der Waals surface area contributed by atoms with Gasteiger partial charge in [-0.25, -0.2) is 4.79 Å². The molecule has 0 saturated carbocycles. The molecule has 0 aromatic rings. The lowest BCUT2D eigenvalue weighted by Crippen LogP contribution is -1.97. The van der Waals surface area contributed by atoms with Crippen molar-refractivity contribution in [3.63, 3.8) is 0 Å². The second kappa shape index (κ2) is 3.52. The van der Waals surface area contributed by atoms with Crippen molar-refractivity contribution in [2.75, 3.05) is 13.3 Å². The number of hydrogen-bond donors (Lipinski definition) is 1. The van der Waals surface area contributed by atoms with Crippen molar-refractivity contribution in [3.8, 4) is 0 Å². The van der Waals surface area contributed by atoms with E-state index < -0.39 is 20.2 Å². The first kappa shape index (κ1) is 7.53. The van der Waals surface area contributed by atoms with Crippen LogP contribution in [0, 0.1) is 0 Å². The third-order valence-corrected chi connectivity index (χ3v) is 1.40. The van der Waals surface area contributed by atoms with Gasteiger partial charge in [0.05, 0.1) is 7.11 Å². The van der Waals surface area contributed by atoms with Gasteiger partial charge in [0.25, 0.3) is 6.16 Å². The lowest BCUT2D eigenvalue weighted by molar-refractivity contribution is -0.134. The van der Waals surface area contributed by atoms with Crippen LogP contribution < -0.4 is 0 Å². The van der Waals surface area contributed by atoms with Crippen LogP contribution in [0.5, 0.6) is 0 Å². The van der Waals surface area contributed by atoms with Crippen LogP contribution in [0.4, 0.5) is 0 Å². The van der Waals surface area contributed by atoms with E-state index in [1.807, 2.05) is 0 Å². The molecule has 0 radical (unpaired) electrons. The molecule has 0 aromatic heterocycles. The summed E-state index contributed by atoms with van der Waals surface area (Å²) in [6, 6.07) is 0. The fourth-order valence-corrected chi connectivity index (χ4v) is 0.525. The van der Waals surface area contributed by atoms with Crippen LogP contribution in [-0.4, -0.2) is 24.3 Å². The van der Waals surface area contributed by atoms with Crippen LogP contribution in [0.1, 0.15) is 0 Å². The Labute approximate surface area is 47.3 Å². The van der Waals surface area contributed by atoms with Gasteiger partial charge in [-0.1, -0.05) is 0 Å². The molecule has 0 amide bonds. The third-order valence-electron chi connectivity index (χ3n) is 0.468. The summed E-state index contributed by atoms with van der Waals surface area (Å²) < 4.78 is 14.4. The largest absolute Gasteiger partial charge is 0.519 e. The number of carboxylic acids is 1. The van der Waals surface area contributed by atoms with E-state index >= 15 is 0 Å². The molecule has 46 valence electrons. The summed E-state index contributed by atoms with van der Waals surface area (Å²) in [6.45, 7) is 0. The maximum Gasteiger partial charge on any atom is 0.519 e. The van der Waals surface area contributed by atoms with E-state index in [2.05, 4.69) is 4.52 Å². The van der Waals surface area contributed by atoms with E-state index in [0.717, 1.165) is 0 Å². The SMILES string of the molecule is CO[P+](=O)CC(=O)O. The van der Waals surface area contributed by atoms with Gasteiger partial charge in [-0.05, 0) is 4.57 Å². The Kier molecular flexibility index (Phi) is 3.31. The first-order valence-corrected chi connectivity index (χ1v) is 3.23. The molecule has 1 atom stereocenters. The molecule has 8 heavy (non-hydrogen) atoms. The van der Waals surface area contributed by atoms with Gasteiger partial charge in [-0.15, -0.1) is 4.52 Å². The second-order valence-electron chi connectivity index (χ2n) is 1.07. The zero-order valence-electron chi connectivity index (χ0n) is 4.33. The van der Waals surface area contributed by atoms with Crippen LogP contribution in [0.3, 0.4) is 0 Å². The van der Waals surface area contributed by atoms with Crippen molar-refractivity contribution in [1.29, 1.82) is 0 Å². The summed E-state index contributed by atoms with van der Waals surface area (Å²) in [5.41, 5.74) is 0. The predicted molar refractivity (Wildman–Crippen MR) is 27.1 cm³/mol. The Morgan fingerprint density at radius 1 is 1.88 bits per heavy atom. The summed E-state index contributed by atoms with van der Waals surface area (Å²) in [5, 5.41) is 7.95. The zero-order valence-corrected chi connectivity index (χ0v) is 5.22. The lowest BCUT2D eigenvalue weighted by atomic mass is 10.8. The molecule has 0 aliphatic rings. The summed E-state index contributed by atoms with van der Waals surface area (Å²) in [5.74, 6) is -1.10. The zero-order chi connectivity index (χ0) is 6.57. The van der Waals surface area contributed by atoms with Crippen LogP contribution >= 0.6 is 8.03 Å². The maximum atomic E-state index is 10.2. The first-order chi connectivity index (χ1) is 3.66. The molecule has 0 aliphatic heterocycles. The van der Waals surface area contributed by atoms with Gasteiger partial charge in [-0.2, -0.15) is 0 Å². The predicted octanol–water partition coefficient (Wildman–Crippen LogP) is 0.460. The Balaban J connectivity index is 3.40. The number of carbonyl (C=O) groups is 1. The molecule has 0 spiro atoms. The number of carboxylic acid groups (broad SMARTS) is 1. The van der Waals surface area contributed by atoms with E-state index in [0.29, 0.717) is 0 Å². The molecule has 0 aliphatic carbocycles. The Morgan fingerprint density at radius 3 is 2.50 bits per heavy atom. The molecule has 0 bridgehead atoms. The van der Waals surface area contributed by atoms with E-state index in [4.69, 9.17) is 5.11 Å². The topological polar surface area (TPSA) is 63.6 Å². The number of aliphatic carboxylic acids is 1. The van der Waals surface area contributed by atoms with Gasteiger partial charge in [0.2, 0.25) is 0 Å². The standard InChI is InChI=1S/C3H5O4P/c1-7-8(6)2-3(4)5/h2H2,1H3/p+1. The fraction of sp³-hybridized carbons (Fsp3) is 0.667. The summed E-state index contributed by atoms with van der Waals surface area (Å²) >= 11 is 0. The molecule has 0 aromatic carbocycles. The molecule has 4 nitrogen and oxygen atoms in total. The quantitative estimate of drug-likeness (QED) is 0.574. The van der Waals surface area contributed by atoms with Gasteiger partial charge < -0.3 is 5.11 Å². The van der Waals surface area contributed by atoms with Crippen molar-refractivity contribution >= 4 is 14.0 Å². The molecular formula is C3H6O4P+. The van der Waals surface area contributed by atoms with Gasteiger partial charge >= 0.3 is 14.0 Å². The normalized spacial score (nSPS) is 10.9. The van der Waals surface area contributed by atoms with E-state index in [9.17, 15) is 9.36 Å². The molecular weight excluding hydrogens is 131 g/mol. The summed E-state index contributed by atoms with van der Waals surface area (Å²) in [4.78, 5) is 9.70. The molecule has 5 heteroatoms. The van der Waals surface area contributed by atoms with Gasteiger partial charge in [0, 0.05) is 0 Å². The third kappa shape index (κ3) is 3.71. The minimum Gasteiger partial charge on any atom is -0.478 e. The lowest BCUT2D eigenvalue weighted by Gasteiger charge is -1.74.